The summed E-state index contributed by atoms with van der Waals surface area (Å²) in [5, 5.41) is 11.5. The van der Waals surface area contributed by atoms with Crippen LogP contribution in [0.5, 0.6) is 0 Å². The molecule has 2 aromatic heterocycles. The Labute approximate surface area is 132 Å². The fraction of sp³-hybridized carbons (Fsp3) is 0.200. The van der Waals surface area contributed by atoms with E-state index in [1.165, 1.54) is 11.8 Å². The van der Waals surface area contributed by atoms with Crippen molar-refractivity contribution >= 4 is 23.9 Å². The summed E-state index contributed by atoms with van der Waals surface area (Å²) in [4.78, 5) is 8.63. The first-order chi connectivity index (χ1) is 10.7. The van der Waals surface area contributed by atoms with Crippen molar-refractivity contribution in [3.8, 4) is 0 Å². The van der Waals surface area contributed by atoms with Crippen molar-refractivity contribution in [1.29, 1.82) is 0 Å². The molecular weight excluding hydrogens is 298 g/mol. The van der Waals surface area contributed by atoms with Crippen LogP contribution in [-0.4, -0.2) is 25.3 Å². The van der Waals surface area contributed by atoms with Gasteiger partial charge in [0.2, 0.25) is 11.0 Å². The minimum absolute atomic E-state index is 0.00273. The highest BCUT2D eigenvalue weighted by molar-refractivity contribution is 7.99. The summed E-state index contributed by atoms with van der Waals surface area (Å²) in [6.07, 6.45) is 3.88. The van der Waals surface area contributed by atoms with Crippen LogP contribution in [-0.2, 0) is 0 Å². The number of hydrogen-bond donors (Lipinski definition) is 1. The number of nitrogens with one attached hydrogen (secondary N) is 1. The molecule has 0 fully saturated rings. The number of aromatic nitrogens is 5. The van der Waals surface area contributed by atoms with Crippen molar-refractivity contribution in [1.82, 2.24) is 25.3 Å². The smallest absolute Gasteiger partial charge is 0.239 e. The lowest BCUT2D eigenvalue weighted by atomic mass is 10.2. The lowest BCUT2D eigenvalue weighted by molar-refractivity contribution is 0.376. The van der Waals surface area contributed by atoms with Gasteiger partial charge in [-0.25, -0.2) is 4.98 Å². The first kappa shape index (κ1) is 14.5. The largest absolute Gasteiger partial charge is 0.338 e. The van der Waals surface area contributed by atoms with Gasteiger partial charge in [0.05, 0.1) is 5.25 Å². The van der Waals surface area contributed by atoms with Crippen molar-refractivity contribution < 1.29 is 4.52 Å². The fourth-order valence-electron chi connectivity index (χ4n) is 1.81. The van der Waals surface area contributed by atoms with Gasteiger partial charge in [0.25, 0.3) is 0 Å². The Kier molecular flexibility index (Phi) is 4.34. The summed E-state index contributed by atoms with van der Waals surface area (Å²) in [6, 6.07) is 10.0. The van der Waals surface area contributed by atoms with Gasteiger partial charge < -0.3 is 4.52 Å². The highest BCUT2D eigenvalue weighted by Crippen LogP contribution is 2.31. The van der Waals surface area contributed by atoms with Gasteiger partial charge in [-0.05, 0) is 25.5 Å². The molecule has 7 heteroatoms. The normalized spacial score (nSPS) is 12.8. The molecule has 1 atom stereocenters. The maximum atomic E-state index is 5.15. The molecule has 3 aromatic rings. The predicted octanol–water partition coefficient (Wildman–Crippen LogP) is 3.52. The van der Waals surface area contributed by atoms with Crippen molar-refractivity contribution in [3.63, 3.8) is 0 Å². The second kappa shape index (κ2) is 6.57. The second-order valence-electron chi connectivity index (χ2n) is 4.69. The van der Waals surface area contributed by atoms with E-state index in [0.29, 0.717) is 22.7 Å². The van der Waals surface area contributed by atoms with Crippen LogP contribution < -0.4 is 0 Å². The molecule has 0 amide bonds. The molecule has 2 heterocycles. The Bertz CT molecular complexity index is 765. The zero-order valence-electron chi connectivity index (χ0n) is 12.2. The molecule has 0 saturated heterocycles. The predicted molar refractivity (Wildman–Crippen MR) is 85.1 cm³/mol. The quantitative estimate of drug-likeness (QED) is 0.726. The second-order valence-corrected chi connectivity index (χ2v) is 6.00. The lowest BCUT2D eigenvalue weighted by Crippen LogP contribution is -1.89. The third-order valence-corrected chi connectivity index (χ3v) is 3.84. The number of aryl methyl sites for hydroxylation is 1. The van der Waals surface area contributed by atoms with E-state index in [-0.39, 0.29) is 5.25 Å². The third-order valence-electron chi connectivity index (χ3n) is 2.89. The number of nitrogens with zero attached hydrogens (tertiary/aromatic N) is 4. The number of hydrogen-bond acceptors (Lipinski definition) is 6. The van der Waals surface area contributed by atoms with Crippen molar-refractivity contribution in [2.75, 3.05) is 0 Å². The molecule has 1 aromatic carbocycles. The van der Waals surface area contributed by atoms with E-state index < -0.39 is 0 Å². The Morgan fingerprint density at radius 2 is 2.00 bits per heavy atom. The summed E-state index contributed by atoms with van der Waals surface area (Å²) < 4.78 is 5.15. The molecule has 6 nitrogen and oxygen atoms in total. The molecule has 1 N–H and O–H groups in total. The number of H-pyrrole nitrogens is 1. The standard InChI is InChI=1S/C15H15N5OS/c1-10(14-16-11(2)20-21-14)22-15-17-13(18-19-15)9-8-12-6-4-3-5-7-12/h3-10H,1-2H3,(H,17,18,19)/b9-8+. The lowest BCUT2D eigenvalue weighted by Gasteiger charge is -2.00. The van der Waals surface area contributed by atoms with Gasteiger partial charge in [-0.3, -0.25) is 5.10 Å². The highest BCUT2D eigenvalue weighted by atomic mass is 32.2. The summed E-state index contributed by atoms with van der Waals surface area (Å²) in [7, 11) is 0. The Morgan fingerprint density at radius 1 is 1.18 bits per heavy atom. The molecule has 0 saturated carbocycles. The van der Waals surface area contributed by atoms with Crippen molar-refractivity contribution in [2.45, 2.75) is 24.3 Å². The number of rotatable bonds is 5. The summed E-state index contributed by atoms with van der Waals surface area (Å²) in [5.41, 5.74) is 1.11. The van der Waals surface area contributed by atoms with E-state index in [4.69, 9.17) is 4.52 Å². The minimum atomic E-state index is 0.00273. The fourth-order valence-corrected chi connectivity index (χ4v) is 2.57. The third kappa shape index (κ3) is 3.62. The molecule has 0 aliphatic heterocycles. The Hall–Kier alpha value is -2.41. The van der Waals surface area contributed by atoms with Gasteiger partial charge in [-0.2, -0.15) is 4.98 Å². The van der Waals surface area contributed by atoms with Gasteiger partial charge in [0, 0.05) is 0 Å². The molecule has 0 bridgehead atoms. The zero-order chi connectivity index (χ0) is 15.4. The van der Waals surface area contributed by atoms with Crippen LogP contribution in [0.15, 0.2) is 40.0 Å². The van der Waals surface area contributed by atoms with Gasteiger partial charge in [-0.15, -0.1) is 5.10 Å². The molecular formula is C15H15N5OS. The average Bonchev–Trinajstić information content (AvgIpc) is 3.15. The molecule has 112 valence electrons. The van der Waals surface area contributed by atoms with Crippen LogP contribution in [0.4, 0.5) is 0 Å². The SMILES string of the molecule is Cc1noc(C(C)Sc2n[nH]c(/C=C/c3ccccc3)n2)n1. The molecule has 1 unspecified atom stereocenters. The van der Waals surface area contributed by atoms with Gasteiger partial charge in [-0.1, -0.05) is 53.3 Å². The van der Waals surface area contributed by atoms with Crippen LogP contribution in [0.1, 0.15) is 35.3 Å². The van der Waals surface area contributed by atoms with Crippen LogP contribution in [0, 0.1) is 6.92 Å². The van der Waals surface area contributed by atoms with Crippen LogP contribution in [0.25, 0.3) is 12.2 Å². The number of benzene rings is 1. The van der Waals surface area contributed by atoms with E-state index in [2.05, 4.69) is 25.3 Å². The Balaban J connectivity index is 1.65. The topological polar surface area (TPSA) is 80.5 Å². The van der Waals surface area contributed by atoms with Crippen molar-refractivity contribution in [2.24, 2.45) is 0 Å². The molecule has 0 radical (unpaired) electrons. The minimum Gasteiger partial charge on any atom is -0.338 e. The van der Waals surface area contributed by atoms with Crippen LogP contribution >= 0.6 is 11.8 Å². The zero-order valence-corrected chi connectivity index (χ0v) is 13.0. The van der Waals surface area contributed by atoms with Gasteiger partial charge in [0.1, 0.15) is 5.82 Å². The molecule has 0 spiro atoms. The summed E-state index contributed by atoms with van der Waals surface area (Å²) in [5.74, 6) is 1.91. The molecule has 3 rings (SSSR count). The maximum Gasteiger partial charge on any atom is 0.239 e. The van der Waals surface area contributed by atoms with Crippen LogP contribution in [0.3, 0.4) is 0 Å². The number of aromatic amines is 1. The van der Waals surface area contributed by atoms with E-state index >= 15 is 0 Å². The highest BCUT2D eigenvalue weighted by Gasteiger charge is 2.16. The maximum absolute atomic E-state index is 5.15. The monoisotopic (exact) mass is 313 g/mol. The first-order valence-corrected chi connectivity index (χ1v) is 7.71. The Morgan fingerprint density at radius 3 is 2.73 bits per heavy atom. The van der Waals surface area contributed by atoms with Gasteiger partial charge in [0.15, 0.2) is 5.82 Å². The average molecular weight is 313 g/mol. The number of thioether (sulfide) groups is 1. The van der Waals surface area contributed by atoms with Crippen LogP contribution in [0.2, 0.25) is 0 Å². The van der Waals surface area contributed by atoms with E-state index in [1.807, 2.05) is 49.4 Å². The van der Waals surface area contributed by atoms with E-state index in [1.54, 1.807) is 6.92 Å². The molecule has 22 heavy (non-hydrogen) atoms. The van der Waals surface area contributed by atoms with Crippen molar-refractivity contribution in [3.05, 3.63) is 53.4 Å². The first-order valence-electron chi connectivity index (χ1n) is 6.83. The van der Waals surface area contributed by atoms with E-state index in [0.717, 1.165) is 5.56 Å². The molecule has 0 aliphatic carbocycles. The summed E-state index contributed by atoms with van der Waals surface area (Å²) >= 11 is 1.47. The van der Waals surface area contributed by atoms with E-state index in [9.17, 15) is 0 Å². The summed E-state index contributed by atoms with van der Waals surface area (Å²) in [6.45, 7) is 3.77. The van der Waals surface area contributed by atoms with Gasteiger partial charge >= 0.3 is 0 Å². The molecule has 0 aliphatic rings.